The van der Waals surface area contributed by atoms with E-state index < -0.39 is 6.10 Å². The minimum Gasteiger partial charge on any atom is -0.496 e. The maximum Gasteiger partial charge on any atom is 0.196 e. The molecule has 0 amide bonds. The number of hydrogen-bond acceptors (Lipinski definition) is 3. The van der Waals surface area contributed by atoms with Crippen molar-refractivity contribution < 1.29 is 14.3 Å². The van der Waals surface area contributed by atoms with Crippen molar-refractivity contribution >= 4 is 11.9 Å². The Morgan fingerprint density at radius 1 is 0.885 bits per heavy atom. The van der Waals surface area contributed by atoms with E-state index in [0.29, 0.717) is 16.9 Å². The summed E-state index contributed by atoms with van der Waals surface area (Å²) in [6.45, 7) is 0. The van der Waals surface area contributed by atoms with Crippen LogP contribution < -0.4 is 9.47 Å². The molecule has 0 spiro atoms. The fourth-order valence-electron chi connectivity index (χ4n) is 3.19. The van der Waals surface area contributed by atoms with E-state index in [0.717, 1.165) is 16.9 Å². The van der Waals surface area contributed by atoms with Crippen LogP contribution >= 0.6 is 0 Å². The van der Waals surface area contributed by atoms with Gasteiger partial charge in [-0.25, -0.2) is 0 Å². The Bertz CT molecular complexity index is 974. The van der Waals surface area contributed by atoms with Gasteiger partial charge in [-0.2, -0.15) is 0 Å². The monoisotopic (exact) mass is 342 g/mol. The number of carbonyl (C=O) groups is 1. The summed E-state index contributed by atoms with van der Waals surface area (Å²) in [5.41, 5.74) is 2.97. The first kappa shape index (κ1) is 16.2. The van der Waals surface area contributed by atoms with E-state index in [4.69, 9.17) is 9.47 Å². The van der Waals surface area contributed by atoms with Gasteiger partial charge < -0.3 is 9.47 Å². The van der Waals surface area contributed by atoms with Gasteiger partial charge in [-0.05, 0) is 29.8 Å². The van der Waals surface area contributed by atoms with Crippen LogP contribution in [0.5, 0.6) is 11.5 Å². The Morgan fingerprint density at radius 3 is 2.38 bits per heavy atom. The van der Waals surface area contributed by atoms with Crippen LogP contribution in [-0.4, -0.2) is 12.9 Å². The van der Waals surface area contributed by atoms with Crippen LogP contribution in [0.3, 0.4) is 0 Å². The summed E-state index contributed by atoms with van der Waals surface area (Å²) in [6, 6.07) is 24.8. The van der Waals surface area contributed by atoms with Crippen molar-refractivity contribution in [2.24, 2.45) is 0 Å². The van der Waals surface area contributed by atoms with Crippen molar-refractivity contribution in [1.29, 1.82) is 0 Å². The third-order valence-corrected chi connectivity index (χ3v) is 4.47. The standard InChI is InChI=1S/C23H18O3/c1-25-20-13-7-5-11-17(20)15-19-22(24)18-12-6-8-14-21(18)26-23(19)16-9-3-2-4-10-16/h2-15,23H,1H3/b19-15-. The van der Waals surface area contributed by atoms with E-state index in [1.54, 1.807) is 13.2 Å². The van der Waals surface area contributed by atoms with Crippen LogP contribution in [0, 0.1) is 0 Å². The number of rotatable bonds is 3. The van der Waals surface area contributed by atoms with Gasteiger partial charge in [0.25, 0.3) is 0 Å². The maximum atomic E-state index is 13.2. The minimum absolute atomic E-state index is 0.0217. The van der Waals surface area contributed by atoms with Gasteiger partial charge in [0, 0.05) is 11.1 Å². The number of benzene rings is 3. The SMILES string of the molecule is COc1ccccc1/C=C1/C(=O)c2ccccc2OC1c1ccccc1. The number of Topliss-reactive ketones (excluding diaryl/α,β-unsaturated/α-hetero) is 1. The number of hydrogen-bond donors (Lipinski definition) is 0. The fourth-order valence-corrected chi connectivity index (χ4v) is 3.19. The van der Waals surface area contributed by atoms with Gasteiger partial charge in [0.2, 0.25) is 0 Å². The number of fused-ring (bicyclic) bond motifs is 1. The van der Waals surface area contributed by atoms with Crippen molar-refractivity contribution in [3.05, 3.63) is 101 Å². The normalized spacial score (nSPS) is 17.5. The smallest absolute Gasteiger partial charge is 0.196 e. The number of ketones is 1. The molecule has 0 saturated carbocycles. The molecule has 0 aliphatic carbocycles. The Balaban J connectivity index is 1.88. The highest BCUT2D eigenvalue weighted by molar-refractivity contribution is 6.14. The third-order valence-electron chi connectivity index (χ3n) is 4.47. The first-order chi connectivity index (χ1) is 12.8. The molecule has 1 aliphatic rings. The highest BCUT2D eigenvalue weighted by Crippen LogP contribution is 2.39. The van der Waals surface area contributed by atoms with Gasteiger partial charge in [-0.3, -0.25) is 4.79 Å². The van der Waals surface area contributed by atoms with Gasteiger partial charge in [-0.15, -0.1) is 0 Å². The van der Waals surface area contributed by atoms with Crippen LogP contribution in [0.2, 0.25) is 0 Å². The van der Waals surface area contributed by atoms with Crippen LogP contribution in [0.15, 0.2) is 84.4 Å². The molecular formula is C23H18O3. The molecule has 4 rings (SSSR count). The summed E-state index contributed by atoms with van der Waals surface area (Å²) in [7, 11) is 1.63. The average Bonchev–Trinajstić information content (AvgIpc) is 2.71. The Hall–Kier alpha value is -3.33. The first-order valence-corrected chi connectivity index (χ1v) is 8.48. The lowest BCUT2D eigenvalue weighted by atomic mass is 9.89. The van der Waals surface area contributed by atoms with Gasteiger partial charge in [-0.1, -0.05) is 60.7 Å². The van der Waals surface area contributed by atoms with Gasteiger partial charge in [0.15, 0.2) is 11.9 Å². The number of carbonyl (C=O) groups excluding carboxylic acids is 1. The molecule has 1 aliphatic heterocycles. The highest BCUT2D eigenvalue weighted by Gasteiger charge is 2.32. The molecule has 0 fully saturated rings. The Morgan fingerprint density at radius 2 is 1.58 bits per heavy atom. The van der Waals surface area contributed by atoms with Crippen molar-refractivity contribution in [2.45, 2.75) is 6.10 Å². The molecule has 26 heavy (non-hydrogen) atoms. The molecule has 0 bridgehead atoms. The average molecular weight is 342 g/mol. The van der Waals surface area contributed by atoms with E-state index in [1.807, 2.05) is 78.9 Å². The van der Waals surface area contributed by atoms with Crippen molar-refractivity contribution in [2.75, 3.05) is 7.11 Å². The summed E-state index contributed by atoms with van der Waals surface area (Å²) in [4.78, 5) is 13.2. The molecular weight excluding hydrogens is 324 g/mol. The Labute approximate surface area is 152 Å². The molecule has 3 aromatic rings. The predicted octanol–water partition coefficient (Wildman–Crippen LogP) is 5.10. The van der Waals surface area contributed by atoms with E-state index in [1.165, 1.54) is 0 Å². The number of methoxy groups -OCH3 is 1. The zero-order valence-corrected chi connectivity index (χ0v) is 14.4. The molecule has 3 nitrogen and oxygen atoms in total. The second kappa shape index (κ2) is 6.89. The molecule has 0 N–H and O–H groups in total. The molecule has 1 unspecified atom stereocenters. The minimum atomic E-state index is -0.455. The molecule has 3 aromatic carbocycles. The number of ether oxygens (including phenoxy) is 2. The van der Waals surface area contributed by atoms with E-state index in [2.05, 4.69) is 0 Å². The molecule has 0 radical (unpaired) electrons. The van der Waals surface area contributed by atoms with Crippen molar-refractivity contribution in [3.8, 4) is 11.5 Å². The maximum absolute atomic E-state index is 13.2. The largest absolute Gasteiger partial charge is 0.496 e. The lowest BCUT2D eigenvalue weighted by Crippen LogP contribution is -2.23. The van der Waals surface area contributed by atoms with Crippen molar-refractivity contribution in [1.82, 2.24) is 0 Å². The summed E-state index contributed by atoms with van der Waals surface area (Å²) in [5.74, 6) is 1.31. The second-order valence-corrected chi connectivity index (χ2v) is 6.08. The third kappa shape index (κ3) is 2.88. The van der Waals surface area contributed by atoms with Gasteiger partial charge >= 0.3 is 0 Å². The van der Waals surface area contributed by atoms with Crippen LogP contribution in [0.4, 0.5) is 0 Å². The first-order valence-electron chi connectivity index (χ1n) is 8.48. The topological polar surface area (TPSA) is 35.5 Å². The fraction of sp³-hybridized carbons (Fsp3) is 0.0870. The zero-order valence-electron chi connectivity index (χ0n) is 14.4. The summed E-state index contributed by atoms with van der Waals surface area (Å²) >= 11 is 0. The molecule has 128 valence electrons. The predicted molar refractivity (Wildman–Crippen MR) is 102 cm³/mol. The highest BCUT2D eigenvalue weighted by atomic mass is 16.5. The van der Waals surface area contributed by atoms with Gasteiger partial charge in [0.05, 0.1) is 12.7 Å². The lowest BCUT2D eigenvalue weighted by Gasteiger charge is -2.28. The van der Waals surface area contributed by atoms with Crippen LogP contribution in [0.25, 0.3) is 6.08 Å². The molecule has 1 heterocycles. The zero-order chi connectivity index (χ0) is 17.9. The molecule has 3 heteroatoms. The molecule has 0 aromatic heterocycles. The van der Waals surface area contributed by atoms with Crippen LogP contribution in [0.1, 0.15) is 27.6 Å². The number of para-hydroxylation sites is 2. The second-order valence-electron chi connectivity index (χ2n) is 6.08. The lowest BCUT2D eigenvalue weighted by molar-refractivity contribution is 0.0963. The summed E-state index contributed by atoms with van der Waals surface area (Å²) < 4.78 is 11.7. The Kier molecular flexibility index (Phi) is 4.28. The van der Waals surface area contributed by atoms with Crippen molar-refractivity contribution in [3.63, 3.8) is 0 Å². The summed E-state index contributed by atoms with van der Waals surface area (Å²) in [5, 5.41) is 0. The quantitative estimate of drug-likeness (QED) is 0.622. The van der Waals surface area contributed by atoms with Gasteiger partial charge in [0.1, 0.15) is 11.5 Å². The summed E-state index contributed by atoms with van der Waals surface area (Å²) in [6.07, 6.45) is 1.41. The van der Waals surface area contributed by atoms with E-state index in [-0.39, 0.29) is 5.78 Å². The molecule has 1 atom stereocenters. The van der Waals surface area contributed by atoms with E-state index >= 15 is 0 Å². The molecule has 0 saturated heterocycles. The van der Waals surface area contributed by atoms with Crippen LogP contribution in [-0.2, 0) is 0 Å². The van der Waals surface area contributed by atoms with E-state index in [9.17, 15) is 4.79 Å².